The van der Waals surface area contributed by atoms with Crippen LogP contribution >= 0.6 is 0 Å². The molecule has 2 aliphatic rings. The predicted octanol–water partition coefficient (Wildman–Crippen LogP) is 2.64. The van der Waals surface area contributed by atoms with Crippen molar-refractivity contribution < 1.29 is 13.2 Å². The molecule has 2 aliphatic heterocycles. The predicted molar refractivity (Wildman–Crippen MR) is 96.1 cm³/mol. The van der Waals surface area contributed by atoms with Crippen molar-refractivity contribution in [2.45, 2.75) is 25.1 Å². The second-order valence-electron chi connectivity index (χ2n) is 7.24. The second-order valence-corrected chi connectivity index (χ2v) is 7.24. The molecule has 10 heteroatoms. The van der Waals surface area contributed by atoms with Gasteiger partial charge in [-0.15, -0.1) is 15.3 Å². The maximum absolute atomic E-state index is 13.4. The highest BCUT2D eigenvalue weighted by molar-refractivity contribution is 5.52. The third-order valence-corrected chi connectivity index (χ3v) is 5.70. The summed E-state index contributed by atoms with van der Waals surface area (Å²) in [5.41, 5.74) is -0.0184. The van der Waals surface area contributed by atoms with Crippen LogP contribution in [0.4, 0.5) is 24.8 Å². The van der Waals surface area contributed by atoms with E-state index >= 15 is 0 Å². The number of nitrogens with zero attached hydrogens (tertiary/aromatic N) is 7. The Morgan fingerprint density at radius 1 is 1.07 bits per heavy atom. The lowest BCUT2D eigenvalue weighted by Crippen LogP contribution is -2.49. The van der Waals surface area contributed by atoms with Crippen LogP contribution < -0.4 is 9.80 Å². The van der Waals surface area contributed by atoms with E-state index in [0.717, 1.165) is 31.3 Å². The Morgan fingerprint density at radius 3 is 2.79 bits per heavy atom. The topological polar surface area (TPSA) is 62.5 Å². The number of aromatic nitrogens is 5. The summed E-state index contributed by atoms with van der Waals surface area (Å²) in [6, 6.07) is 6.27. The molecule has 0 radical (unpaired) electrons. The van der Waals surface area contributed by atoms with E-state index in [1.54, 1.807) is 15.7 Å². The quantitative estimate of drug-likeness (QED) is 0.672. The largest absolute Gasteiger partial charge is 0.419 e. The van der Waals surface area contributed by atoms with Crippen LogP contribution in [0.5, 0.6) is 0 Å². The lowest BCUT2D eigenvalue weighted by molar-refractivity contribution is -0.137. The van der Waals surface area contributed by atoms with E-state index in [2.05, 4.69) is 25.2 Å². The summed E-state index contributed by atoms with van der Waals surface area (Å²) in [5, 5.41) is 12.4. The van der Waals surface area contributed by atoms with Crippen LogP contribution in [0.3, 0.4) is 0 Å². The number of pyridine rings is 1. The van der Waals surface area contributed by atoms with Crippen molar-refractivity contribution in [1.82, 2.24) is 24.8 Å². The highest BCUT2D eigenvalue weighted by atomic mass is 19.4. The van der Waals surface area contributed by atoms with Gasteiger partial charge in [-0.3, -0.25) is 0 Å². The van der Waals surface area contributed by atoms with Crippen LogP contribution in [-0.2, 0) is 6.18 Å². The first-order chi connectivity index (χ1) is 13.5. The van der Waals surface area contributed by atoms with Gasteiger partial charge in [0.2, 0.25) is 0 Å². The Hall–Kier alpha value is -2.91. The molecule has 0 aromatic carbocycles. The molecule has 2 saturated heterocycles. The lowest BCUT2D eigenvalue weighted by atomic mass is 9.92. The average molecular weight is 389 g/mol. The molecular formula is C18H18F3N7. The molecule has 7 nitrogen and oxygen atoms in total. The average Bonchev–Trinajstić information content (AvgIpc) is 3.32. The molecule has 2 atom stereocenters. The summed E-state index contributed by atoms with van der Waals surface area (Å²) in [5.74, 6) is 1.24. The van der Waals surface area contributed by atoms with Crippen LogP contribution in [0.1, 0.15) is 18.4 Å². The van der Waals surface area contributed by atoms with E-state index in [4.69, 9.17) is 0 Å². The number of hydrogen-bond donors (Lipinski definition) is 0. The van der Waals surface area contributed by atoms with Crippen molar-refractivity contribution >= 4 is 17.3 Å². The van der Waals surface area contributed by atoms with E-state index in [-0.39, 0.29) is 11.9 Å². The number of piperidine rings is 1. The molecule has 2 unspecified atom stereocenters. The molecule has 0 saturated carbocycles. The van der Waals surface area contributed by atoms with Gasteiger partial charge in [-0.05, 0) is 43.0 Å². The Labute approximate surface area is 158 Å². The minimum atomic E-state index is -4.42. The Bertz CT molecular complexity index is 1000. The summed E-state index contributed by atoms with van der Waals surface area (Å²) in [6.07, 6.45) is 0.392. The Morgan fingerprint density at radius 2 is 1.93 bits per heavy atom. The third kappa shape index (κ3) is 2.83. The first kappa shape index (κ1) is 17.2. The maximum atomic E-state index is 13.4. The van der Waals surface area contributed by atoms with E-state index in [9.17, 15) is 13.2 Å². The van der Waals surface area contributed by atoms with Crippen molar-refractivity contribution in [3.05, 3.63) is 42.4 Å². The lowest BCUT2D eigenvalue weighted by Gasteiger charge is -2.40. The van der Waals surface area contributed by atoms with Crippen LogP contribution in [0.15, 0.2) is 36.8 Å². The van der Waals surface area contributed by atoms with Crippen molar-refractivity contribution in [2.75, 3.05) is 29.4 Å². The standard InChI is InChI=1S/C18H18F3N7/c19-18(20,21)13-2-1-7-22-17(13)26-8-5-12-6-9-27(14(12)10-26)16-4-3-15-24-23-11-28(15)25-16/h1-4,7,11-12,14H,5-6,8-10H2. The van der Waals surface area contributed by atoms with Gasteiger partial charge >= 0.3 is 6.18 Å². The van der Waals surface area contributed by atoms with Crippen LogP contribution in [0.2, 0.25) is 0 Å². The first-order valence-corrected chi connectivity index (χ1v) is 9.21. The minimum absolute atomic E-state index is 0.0162. The zero-order valence-corrected chi connectivity index (χ0v) is 14.9. The molecule has 3 aromatic heterocycles. The number of rotatable bonds is 2. The van der Waals surface area contributed by atoms with E-state index < -0.39 is 11.7 Å². The summed E-state index contributed by atoms with van der Waals surface area (Å²) < 4.78 is 41.9. The molecule has 146 valence electrons. The molecule has 28 heavy (non-hydrogen) atoms. The number of fused-ring (bicyclic) bond motifs is 2. The van der Waals surface area contributed by atoms with Crippen molar-refractivity contribution in [2.24, 2.45) is 5.92 Å². The second kappa shape index (κ2) is 6.32. The van der Waals surface area contributed by atoms with Crippen molar-refractivity contribution in [3.8, 4) is 0 Å². The van der Waals surface area contributed by atoms with Crippen molar-refractivity contribution in [3.63, 3.8) is 0 Å². The molecule has 3 aromatic rings. The van der Waals surface area contributed by atoms with Gasteiger partial charge in [-0.2, -0.15) is 17.7 Å². The van der Waals surface area contributed by atoms with Crippen LogP contribution in [-0.4, -0.2) is 50.5 Å². The normalized spacial score (nSPS) is 22.7. The molecule has 0 aliphatic carbocycles. The third-order valence-electron chi connectivity index (χ3n) is 5.70. The summed E-state index contributed by atoms with van der Waals surface area (Å²) in [7, 11) is 0. The van der Waals surface area contributed by atoms with Gasteiger partial charge < -0.3 is 9.80 Å². The molecule has 0 N–H and O–H groups in total. The van der Waals surface area contributed by atoms with Gasteiger partial charge in [0.1, 0.15) is 18.0 Å². The van der Waals surface area contributed by atoms with Crippen molar-refractivity contribution in [1.29, 1.82) is 0 Å². The van der Waals surface area contributed by atoms with Gasteiger partial charge in [0, 0.05) is 25.8 Å². The summed E-state index contributed by atoms with van der Waals surface area (Å²) >= 11 is 0. The highest BCUT2D eigenvalue weighted by Gasteiger charge is 2.42. The van der Waals surface area contributed by atoms with Gasteiger partial charge in [0.15, 0.2) is 5.65 Å². The van der Waals surface area contributed by atoms with E-state index in [0.29, 0.717) is 24.7 Å². The zero-order valence-electron chi connectivity index (χ0n) is 14.9. The van der Waals surface area contributed by atoms with Gasteiger partial charge in [0.25, 0.3) is 0 Å². The Kier molecular flexibility index (Phi) is 3.88. The number of halogens is 3. The fraction of sp³-hybridized carbons (Fsp3) is 0.444. The van der Waals surface area contributed by atoms with Gasteiger partial charge in [-0.1, -0.05) is 0 Å². The van der Waals surface area contributed by atoms with E-state index in [1.165, 1.54) is 12.3 Å². The Balaban J connectivity index is 1.44. The smallest absolute Gasteiger partial charge is 0.354 e. The number of hydrogen-bond acceptors (Lipinski definition) is 6. The maximum Gasteiger partial charge on any atom is 0.419 e. The number of anilines is 2. The molecule has 5 rings (SSSR count). The SMILES string of the molecule is FC(F)(F)c1cccnc1N1CCC2CCN(c3ccc4nncn4n3)C2C1. The molecule has 5 heterocycles. The number of alkyl halides is 3. The molecule has 0 spiro atoms. The summed E-state index contributed by atoms with van der Waals surface area (Å²) in [6.45, 7) is 1.90. The first-order valence-electron chi connectivity index (χ1n) is 9.21. The molecule has 0 amide bonds. The fourth-order valence-corrected chi connectivity index (χ4v) is 4.36. The highest BCUT2D eigenvalue weighted by Crippen LogP contribution is 2.39. The molecular weight excluding hydrogens is 371 g/mol. The van der Waals surface area contributed by atoms with Gasteiger partial charge in [0.05, 0.1) is 11.6 Å². The minimum Gasteiger partial charge on any atom is -0.354 e. The molecule has 2 fully saturated rings. The monoisotopic (exact) mass is 389 g/mol. The van der Waals surface area contributed by atoms with E-state index in [1.807, 2.05) is 12.1 Å². The summed E-state index contributed by atoms with van der Waals surface area (Å²) in [4.78, 5) is 8.02. The van der Waals surface area contributed by atoms with Crippen LogP contribution in [0.25, 0.3) is 5.65 Å². The van der Waals surface area contributed by atoms with Crippen LogP contribution in [0, 0.1) is 5.92 Å². The molecule has 0 bridgehead atoms. The van der Waals surface area contributed by atoms with Gasteiger partial charge in [-0.25, -0.2) is 4.98 Å². The zero-order chi connectivity index (χ0) is 19.3. The fourth-order valence-electron chi connectivity index (χ4n) is 4.36.